The van der Waals surface area contributed by atoms with Crippen molar-refractivity contribution >= 4 is 5.82 Å². The van der Waals surface area contributed by atoms with E-state index in [0.29, 0.717) is 6.04 Å². The molecule has 0 bridgehead atoms. The Morgan fingerprint density at radius 1 is 1.56 bits per heavy atom. The second kappa shape index (κ2) is 5.27. The van der Waals surface area contributed by atoms with E-state index in [4.69, 9.17) is 5.11 Å². The predicted molar refractivity (Wildman–Crippen MR) is 64.3 cm³/mol. The number of nitrogens with zero attached hydrogens (tertiary/aromatic N) is 2. The van der Waals surface area contributed by atoms with Crippen LogP contribution in [0.4, 0.5) is 5.82 Å². The van der Waals surface area contributed by atoms with Gasteiger partial charge in [-0.2, -0.15) is 0 Å². The first-order valence-electron chi connectivity index (χ1n) is 5.81. The lowest BCUT2D eigenvalue weighted by Gasteiger charge is -2.20. The molecule has 0 unspecified atom stereocenters. The molecule has 4 nitrogen and oxygen atoms in total. The summed E-state index contributed by atoms with van der Waals surface area (Å²) in [6, 6.07) is 4.78. The molecule has 88 valence electrons. The van der Waals surface area contributed by atoms with Gasteiger partial charge in [0.2, 0.25) is 0 Å². The van der Waals surface area contributed by atoms with Crippen LogP contribution in [0, 0.1) is 0 Å². The first-order chi connectivity index (χ1) is 7.83. The molecule has 16 heavy (non-hydrogen) atoms. The van der Waals surface area contributed by atoms with Crippen molar-refractivity contribution < 1.29 is 5.11 Å². The van der Waals surface area contributed by atoms with Gasteiger partial charge in [-0.15, -0.1) is 0 Å². The summed E-state index contributed by atoms with van der Waals surface area (Å²) in [6.45, 7) is 1.91. The molecule has 0 aromatic carbocycles. The maximum Gasteiger partial charge on any atom is 0.125 e. The number of aliphatic hydroxyl groups is 1. The van der Waals surface area contributed by atoms with E-state index >= 15 is 0 Å². The smallest absolute Gasteiger partial charge is 0.125 e. The van der Waals surface area contributed by atoms with Crippen LogP contribution in [0.15, 0.2) is 18.3 Å². The molecule has 0 aliphatic heterocycles. The van der Waals surface area contributed by atoms with E-state index in [-0.39, 0.29) is 6.61 Å². The number of hydrogen-bond acceptors (Lipinski definition) is 4. The minimum absolute atomic E-state index is 0.237. The highest BCUT2D eigenvalue weighted by Gasteiger charge is 2.28. The zero-order valence-corrected chi connectivity index (χ0v) is 9.69. The van der Waals surface area contributed by atoms with Crippen LogP contribution in [-0.4, -0.2) is 41.2 Å². The number of nitrogens with one attached hydrogen (secondary N) is 1. The van der Waals surface area contributed by atoms with Crippen LogP contribution in [0.5, 0.6) is 0 Å². The molecule has 0 saturated heterocycles. The Balaban J connectivity index is 1.99. The van der Waals surface area contributed by atoms with Gasteiger partial charge < -0.3 is 10.4 Å². The molecule has 1 aliphatic rings. The molecule has 0 amide bonds. The Morgan fingerprint density at radius 3 is 3.00 bits per heavy atom. The molecule has 2 N–H and O–H groups in total. The quantitative estimate of drug-likeness (QED) is 0.754. The number of pyridine rings is 1. The van der Waals surface area contributed by atoms with Gasteiger partial charge in [0.1, 0.15) is 5.82 Å². The minimum Gasteiger partial charge on any atom is -0.395 e. The predicted octanol–water partition coefficient (Wildman–Crippen LogP) is 1.08. The molecule has 1 heterocycles. The highest BCUT2D eigenvalue weighted by atomic mass is 16.3. The Bertz CT molecular complexity index is 339. The molecule has 4 heteroatoms. The third kappa shape index (κ3) is 2.93. The molecule has 0 radical (unpaired) electrons. The van der Waals surface area contributed by atoms with Crippen LogP contribution in [0.1, 0.15) is 18.4 Å². The van der Waals surface area contributed by atoms with Crippen LogP contribution >= 0.6 is 0 Å². The number of rotatable bonds is 6. The van der Waals surface area contributed by atoms with Gasteiger partial charge in [0, 0.05) is 32.4 Å². The molecule has 0 atom stereocenters. The van der Waals surface area contributed by atoms with Gasteiger partial charge in [0.05, 0.1) is 6.61 Å². The molecule has 1 aliphatic carbocycles. The molecule has 1 saturated carbocycles. The van der Waals surface area contributed by atoms with Crippen LogP contribution in [0.2, 0.25) is 0 Å². The zero-order valence-electron chi connectivity index (χ0n) is 9.69. The van der Waals surface area contributed by atoms with Gasteiger partial charge in [-0.05, 0) is 30.5 Å². The summed E-state index contributed by atoms with van der Waals surface area (Å²) in [7, 11) is 1.87. The topological polar surface area (TPSA) is 48.4 Å². The van der Waals surface area contributed by atoms with Crippen molar-refractivity contribution in [1.29, 1.82) is 0 Å². The summed E-state index contributed by atoms with van der Waals surface area (Å²) < 4.78 is 0. The lowest BCUT2D eigenvalue weighted by Crippen LogP contribution is -2.28. The van der Waals surface area contributed by atoms with Crippen molar-refractivity contribution in [3.63, 3.8) is 0 Å². The Morgan fingerprint density at radius 2 is 2.38 bits per heavy atom. The second-order valence-corrected chi connectivity index (χ2v) is 4.22. The van der Waals surface area contributed by atoms with E-state index in [1.165, 1.54) is 18.4 Å². The second-order valence-electron chi connectivity index (χ2n) is 4.22. The number of hydrogen-bond donors (Lipinski definition) is 2. The van der Waals surface area contributed by atoms with Crippen molar-refractivity contribution in [2.24, 2.45) is 0 Å². The van der Waals surface area contributed by atoms with Crippen molar-refractivity contribution in [3.05, 3.63) is 23.9 Å². The van der Waals surface area contributed by atoms with Crippen LogP contribution < -0.4 is 5.32 Å². The van der Waals surface area contributed by atoms with Crippen molar-refractivity contribution in [2.45, 2.75) is 25.4 Å². The summed E-state index contributed by atoms with van der Waals surface area (Å²) in [5.74, 6) is 0.900. The third-order valence-corrected chi connectivity index (χ3v) is 2.92. The van der Waals surface area contributed by atoms with Gasteiger partial charge in [-0.25, -0.2) is 4.98 Å². The Kier molecular flexibility index (Phi) is 3.74. The molecule has 1 aromatic rings. The Hall–Kier alpha value is -1.13. The van der Waals surface area contributed by atoms with Crippen molar-refractivity contribution in [1.82, 2.24) is 9.88 Å². The molecular formula is C12H19N3O. The molecule has 0 spiro atoms. The normalized spacial score (nSPS) is 15.4. The van der Waals surface area contributed by atoms with Gasteiger partial charge in [-0.3, -0.25) is 4.90 Å². The standard InChI is InChI=1S/C12H19N3O/c1-13-12-8-10(4-5-14-12)9-15(6-7-16)11-2-3-11/h4-5,8,11,16H,2-3,6-7,9H2,1H3,(H,13,14). The Labute approximate surface area is 96.3 Å². The summed E-state index contributed by atoms with van der Waals surface area (Å²) in [5, 5.41) is 12.1. The number of aliphatic hydroxyl groups excluding tert-OH is 1. The maximum absolute atomic E-state index is 9.03. The first-order valence-corrected chi connectivity index (χ1v) is 5.81. The molecule has 1 aromatic heterocycles. The maximum atomic E-state index is 9.03. The minimum atomic E-state index is 0.237. The van der Waals surface area contributed by atoms with Gasteiger partial charge in [0.25, 0.3) is 0 Å². The zero-order chi connectivity index (χ0) is 11.4. The van der Waals surface area contributed by atoms with Crippen LogP contribution in [0.3, 0.4) is 0 Å². The fourth-order valence-corrected chi connectivity index (χ4v) is 1.90. The van der Waals surface area contributed by atoms with Gasteiger partial charge >= 0.3 is 0 Å². The summed E-state index contributed by atoms with van der Waals surface area (Å²) in [5.41, 5.74) is 1.25. The number of anilines is 1. The molecule has 1 fully saturated rings. The molecule has 2 rings (SSSR count). The average molecular weight is 221 g/mol. The lowest BCUT2D eigenvalue weighted by molar-refractivity contribution is 0.183. The lowest BCUT2D eigenvalue weighted by atomic mass is 10.2. The van der Waals surface area contributed by atoms with Crippen LogP contribution in [-0.2, 0) is 6.54 Å². The van der Waals surface area contributed by atoms with E-state index in [1.807, 2.05) is 19.3 Å². The van der Waals surface area contributed by atoms with E-state index in [0.717, 1.165) is 18.9 Å². The van der Waals surface area contributed by atoms with E-state index < -0.39 is 0 Å². The van der Waals surface area contributed by atoms with Crippen molar-refractivity contribution in [3.8, 4) is 0 Å². The van der Waals surface area contributed by atoms with E-state index in [9.17, 15) is 0 Å². The molecular weight excluding hydrogens is 202 g/mol. The van der Waals surface area contributed by atoms with Gasteiger partial charge in [-0.1, -0.05) is 0 Å². The highest BCUT2D eigenvalue weighted by Crippen LogP contribution is 2.28. The van der Waals surface area contributed by atoms with E-state index in [1.54, 1.807) is 0 Å². The fraction of sp³-hybridized carbons (Fsp3) is 0.583. The highest BCUT2D eigenvalue weighted by molar-refractivity contribution is 5.36. The largest absolute Gasteiger partial charge is 0.395 e. The SMILES string of the molecule is CNc1cc(CN(CCO)C2CC2)ccn1. The first kappa shape index (κ1) is 11.4. The third-order valence-electron chi connectivity index (χ3n) is 2.92. The number of aromatic nitrogens is 1. The fourth-order valence-electron chi connectivity index (χ4n) is 1.90. The van der Waals surface area contributed by atoms with Gasteiger partial charge in [0.15, 0.2) is 0 Å². The van der Waals surface area contributed by atoms with Crippen LogP contribution in [0.25, 0.3) is 0 Å². The van der Waals surface area contributed by atoms with Crippen molar-refractivity contribution in [2.75, 3.05) is 25.5 Å². The summed E-state index contributed by atoms with van der Waals surface area (Å²) in [6.07, 6.45) is 4.36. The summed E-state index contributed by atoms with van der Waals surface area (Å²) >= 11 is 0. The van der Waals surface area contributed by atoms with E-state index in [2.05, 4.69) is 21.3 Å². The monoisotopic (exact) mass is 221 g/mol. The average Bonchev–Trinajstić information content (AvgIpc) is 3.13. The summed E-state index contributed by atoms with van der Waals surface area (Å²) in [4.78, 5) is 6.53.